The lowest BCUT2D eigenvalue weighted by atomic mass is 10.0. The molecule has 0 atom stereocenters. The van der Waals surface area contributed by atoms with Crippen LogP contribution in [0.4, 0.5) is 5.69 Å². The second-order valence-electron chi connectivity index (χ2n) is 5.68. The fraction of sp³-hybridized carbons (Fsp3) is 0. The molecule has 0 saturated carbocycles. The molecule has 1 aliphatic heterocycles. The van der Waals surface area contributed by atoms with Crippen molar-refractivity contribution in [2.24, 2.45) is 0 Å². The molecule has 1 fully saturated rings. The zero-order chi connectivity index (χ0) is 18.3. The highest BCUT2D eigenvalue weighted by atomic mass is 35.5. The number of amides is 1. The Hall–Kier alpha value is -1.85. The predicted molar refractivity (Wildman–Crippen MR) is 116 cm³/mol. The number of carbonyl (C=O) groups excluding carboxylic acids is 1. The van der Waals surface area contributed by atoms with E-state index < -0.39 is 0 Å². The van der Waals surface area contributed by atoms with Crippen molar-refractivity contribution in [1.82, 2.24) is 0 Å². The van der Waals surface area contributed by atoms with Gasteiger partial charge in [-0.05, 0) is 40.6 Å². The summed E-state index contributed by atoms with van der Waals surface area (Å²) in [5, 5.41) is 3.04. The normalized spacial score (nSPS) is 16.1. The Bertz CT molecular complexity index is 1090. The summed E-state index contributed by atoms with van der Waals surface area (Å²) in [6.07, 6.45) is 1.89. The Kier molecular flexibility index (Phi) is 4.76. The molecule has 1 amide bonds. The van der Waals surface area contributed by atoms with Crippen LogP contribution >= 0.6 is 47.2 Å². The third-order valence-corrected chi connectivity index (χ3v) is 6.11. The van der Waals surface area contributed by atoms with Crippen LogP contribution in [0.2, 0.25) is 10.0 Å². The van der Waals surface area contributed by atoms with E-state index in [0.29, 0.717) is 25.0 Å². The quantitative estimate of drug-likeness (QED) is 0.349. The largest absolute Gasteiger partial charge is 0.270 e. The van der Waals surface area contributed by atoms with Crippen molar-refractivity contribution in [1.29, 1.82) is 0 Å². The van der Waals surface area contributed by atoms with Gasteiger partial charge in [-0.1, -0.05) is 89.6 Å². The van der Waals surface area contributed by atoms with Gasteiger partial charge in [-0.3, -0.25) is 9.69 Å². The minimum absolute atomic E-state index is 0.161. The second kappa shape index (κ2) is 7.05. The maximum Gasteiger partial charge on any atom is 0.270 e. The number of carbonyl (C=O) groups is 1. The Morgan fingerprint density at radius 1 is 0.962 bits per heavy atom. The first-order chi connectivity index (χ1) is 12.5. The second-order valence-corrected chi connectivity index (χ2v) is 8.17. The van der Waals surface area contributed by atoms with Gasteiger partial charge >= 0.3 is 0 Å². The smallest absolute Gasteiger partial charge is 0.268 e. The topological polar surface area (TPSA) is 20.3 Å². The fourth-order valence-electron chi connectivity index (χ4n) is 2.83. The lowest BCUT2D eigenvalue weighted by Gasteiger charge is -2.15. The molecule has 0 aliphatic carbocycles. The van der Waals surface area contributed by atoms with Crippen molar-refractivity contribution < 1.29 is 4.79 Å². The molecule has 3 aromatic carbocycles. The maximum absolute atomic E-state index is 12.9. The summed E-state index contributed by atoms with van der Waals surface area (Å²) < 4.78 is 0.472. The lowest BCUT2D eigenvalue weighted by molar-refractivity contribution is -0.113. The Balaban J connectivity index is 1.75. The van der Waals surface area contributed by atoms with Gasteiger partial charge in [0.2, 0.25) is 0 Å². The van der Waals surface area contributed by atoms with E-state index in [1.807, 2.05) is 48.5 Å². The van der Waals surface area contributed by atoms with Crippen LogP contribution < -0.4 is 4.90 Å². The van der Waals surface area contributed by atoms with Gasteiger partial charge in [-0.15, -0.1) is 0 Å². The van der Waals surface area contributed by atoms with E-state index in [0.717, 1.165) is 16.3 Å². The SMILES string of the molecule is O=C1/C(=C/c2cccc3ccccc23)SC(=S)N1c1ccc(Cl)c(Cl)c1. The number of fused-ring (bicyclic) bond motifs is 1. The molecular formula is C20H11Cl2NOS2. The van der Waals surface area contributed by atoms with Gasteiger partial charge in [0.1, 0.15) is 0 Å². The number of benzene rings is 3. The van der Waals surface area contributed by atoms with Gasteiger partial charge in [0.05, 0.1) is 20.6 Å². The highest BCUT2D eigenvalue weighted by Gasteiger charge is 2.33. The molecule has 3 aromatic rings. The first-order valence-corrected chi connectivity index (χ1v) is 9.73. The van der Waals surface area contributed by atoms with Gasteiger partial charge in [-0.25, -0.2) is 0 Å². The fourth-order valence-corrected chi connectivity index (χ4v) is 4.41. The van der Waals surface area contributed by atoms with Crippen LogP contribution in [0, 0.1) is 0 Å². The van der Waals surface area contributed by atoms with Gasteiger partial charge in [-0.2, -0.15) is 0 Å². The van der Waals surface area contributed by atoms with Crippen molar-refractivity contribution in [3.63, 3.8) is 0 Å². The van der Waals surface area contributed by atoms with Crippen LogP contribution in [-0.2, 0) is 4.79 Å². The summed E-state index contributed by atoms with van der Waals surface area (Å²) in [7, 11) is 0. The Morgan fingerprint density at radius 3 is 2.54 bits per heavy atom. The van der Waals surface area contributed by atoms with Crippen molar-refractivity contribution in [3.8, 4) is 0 Å². The van der Waals surface area contributed by atoms with Crippen molar-refractivity contribution in [3.05, 3.63) is 81.2 Å². The van der Waals surface area contributed by atoms with E-state index in [1.165, 1.54) is 16.7 Å². The van der Waals surface area contributed by atoms with Crippen molar-refractivity contribution >= 4 is 79.9 Å². The molecule has 1 saturated heterocycles. The molecule has 0 N–H and O–H groups in total. The zero-order valence-corrected chi connectivity index (χ0v) is 16.4. The Morgan fingerprint density at radius 2 is 1.73 bits per heavy atom. The number of thioether (sulfide) groups is 1. The molecule has 1 aliphatic rings. The lowest BCUT2D eigenvalue weighted by Crippen LogP contribution is -2.27. The molecule has 4 rings (SSSR count). The van der Waals surface area contributed by atoms with Crippen LogP contribution in [0.1, 0.15) is 5.56 Å². The summed E-state index contributed by atoms with van der Waals surface area (Å²) in [6, 6.07) is 19.1. The van der Waals surface area contributed by atoms with Crippen LogP contribution in [-0.4, -0.2) is 10.2 Å². The number of hydrogen-bond donors (Lipinski definition) is 0. The molecule has 6 heteroatoms. The summed E-state index contributed by atoms with van der Waals surface area (Å²) in [5.41, 5.74) is 1.60. The minimum Gasteiger partial charge on any atom is -0.268 e. The molecule has 0 aromatic heterocycles. The highest BCUT2D eigenvalue weighted by molar-refractivity contribution is 8.27. The van der Waals surface area contributed by atoms with Gasteiger partial charge in [0, 0.05) is 0 Å². The number of nitrogens with zero attached hydrogens (tertiary/aromatic N) is 1. The molecular weight excluding hydrogens is 405 g/mol. The maximum atomic E-state index is 12.9. The highest BCUT2D eigenvalue weighted by Crippen LogP contribution is 2.38. The van der Waals surface area contributed by atoms with E-state index in [9.17, 15) is 4.79 Å². The molecule has 0 unspecified atom stereocenters. The van der Waals surface area contributed by atoms with E-state index in [4.69, 9.17) is 35.4 Å². The first kappa shape index (κ1) is 17.6. The van der Waals surface area contributed by atoms with Gasteiger partial charge < -0.3 is 0 Å². The predicted octanol–water partition coefficient (Wildman–Crippen LogP) is 6.55. The summed E-state index contributed by atoms with van der Waals surface area (Å²) in [6.45, 7) is 0. The average Bonchev–Trinajstić information content (AvgIpc) is 2.91. The zero-order valence-electron chi connectivity index (χ0n) is 13.3. The molecule has 0 radical (unpaired) electrons. The number of thiocarbonyl (C=S) groups is 1. The van der Waals surface area contributed by atoms with Crippen LogP contribution in [0.3, 0.4) is 0 Å². The van der Waals surface area contributed by atoms with E-state index in [-0.39, 0.29) is 5.91 Å². The molecule has 0 spiro atoms. The third-order valence-electron chi connectivity index (χ3n) is 4.07. The van der Waals surface area contributed by atoms with Crippen molar-refractivity contribution in [2.75, 3.05) is 4.90 Å². The van der Waals surface area contributed by atoms with Crippen LogP contribution in [0.25, 0.3) is 16.8 Å². The summed E-state index contributed by atoms with van der Waals surface area (Å²) in [5.74, 6) is -0.161. The molecule has 2 nitrogen and oxygen atoms in total. The molecule has 0 bridgehead atoms. The van der Waals surface area contributed by atoms with Crippen molar-refractivity contribution in [2.45, 2.75) is 0 Å². The van der Waals surface area contributed by atoms with E-state index >= 15 is 0 Å². The third kappa shape index (κ3) is 3.14. The molecule has 26 heavy (non-hydrogen) atoms. The standard InChI is InChI=1S/C20H11Cl2NOS2/c21-16-9-8-14(11-17(16)22)23-19(24)18(26-20(23)25)10-13-6-3-5-12-4-1-2-7-15(12)13/h1-11H/b18-10-. The van der Waals surface area contributed by atoms with Gasteiger partial charge in [0.15, 0.2) is 4.32 Å². The first-order valence-electron chi connectivity index (χ1n) is 7.75. The summed E-state index contributed by atoms with van der Waals surface area (Å²) >= 11 is 18.8. The molecule has 128 valence electrons. The number of halogens is 2. The number of rotatable bonds is 2. The molecule has 1 heterocycles. The van der Waals surface area contributed by atoms with E-state index in [1.54, 1.807) is 18.2 Å². The van der Waals surface area contributed by atoms with Crippen LogP contribution in [0.5, 0.6) is 0 Å². The van der Waals surface area contributed by atoms with E-state index in [2.05, 4.69) is 0 Å². The number of hydrogen-bond acceptors (Lipinski definition) is 3. The average molecular weight is 416 g/mol. The Labute approximate surface area is 170 Å². The van der Waals surface area contributed by atoms with Crippen LogP contribution in [0.15, 0.2) is 65.6 Å². The minimum atomic E-state index is -0.161. The monoisotopic (exact) mass is 415 g/mol. The summed E-state index contributed by atoms with van der Waals surface area (Å²) in [4.78, 5) is 15.0. The van der Waals surface area contributed by atoms with Gasteiger partial charge in [0.25, 0.3) is 5.91 Å². The number of anilines is 1.